The number of likely N-dealkylation sites (N-methyl/N-ethyl adjacent to an activating group) is 1. The number of aryl methyl sites for hydroxylation is 1. The van der Waals surface area contributed by atoms with E-state index in [0.29, 0.717) is 37.2 Å². The van der Waals surface area contributed by atoms with Crippen LogP contribution in [0.4, 0.5) is 14.9 Å². The number of benzene rings is 1. The molecular formula is C43H65FN6O10. The first-order valence-corrected chi connectivity index (χ1v) is 21.0. The lowest BCUT2D eigenvalue weighted by atomic mass is 9.73. The molecule has 1 amide bonds. The Morgan fingerprint density at radius 1 is 1.05 bits per heavy atom. The number of aromatic nitrogens is 3. The van der Waals surface area contributed by atoms with Crippen molar-refractivity contribution < 1.29 is 52.4 Å². The van der Waals surface area contributed by atoms with Crippen LogP contribution >= 0.6 is 0 Å². The molecule has 1 aromatic carbocycles. The second kappa shape index (κ2) is 18.5. The van der Waals surface area contributed by atoms with Crippen molar-refractivity contribution in [3.63, 3.8) is 0 Å². The number of unbranched alkanes of at least 4 members (excludes halogenated alkanes) is 1. The summed E-state index contributed by atoms with van der Waals surface area (Å²) < 4.78 is 49.2. The van der Waals surface area contributed by atoms with Crippen LogP contribution in [-0.4, -0.2) is 141 Å². The number of aliphatic hydroxyl groups excluding tert-OH is 1. The highest BCUT2D eigenvalue weighted by molar-refractivity contribution is 6.08. The van der Waals surface area contributed by atoms with E-state index in [1.807, 2.05) is 50.3 Å². The van der Waals surface area contributed by atoms with E-state index in [0.717, 1.165) is 12.5 Å². The Balaban J connectivity index is 1.45. The molecule has 17 heteroatoms. The lowest BCUT2D eigenvalue weighted by molar-refractivity contribution is -0.295. The number of carbonyl (C=O) groups excluding carboxylic acids is 4. The molecule has 60 heavy (non-hydrogen) atoms. The molecule has 2 aromatic rings. The highest BCUT2D eigenvalue weighted by atomic mass is 19.1. The molecule has 3 saturated heterocycles. The van der Waals surface area contributed by atoms with Gasteiger partial charge in [0.2, 0.25) is 0 Å². The predicted octanol–water partition coefficient (Wildman–Crippen LogP) is 4.60. The molecule has 3 aliphatic rings. The monoisotopic (exact) mass is 844 g/mol. The van der Waals surface area contributed by atoms with Crippen LogP contribution in [-0.2, 0) is 44.6 Å². The first-order chi connectivity index (χ1) is 28.1. The summed E-state index contributed by atoms with van der Waals surface area (Å²) in [6.07, 6.45) is -2.57. The van der Waals surface area contributed by atoms with Gasteiger partial charge in [0.25, 0.3) is 5.67 Å². The number of Topliss-reactive ketones (excluding diaryl/α,β-unsaturated/α-hetero) is 2. The third-order valence-electron chi connectivity index (χ3n) is 12.9. The average molecular weight is 845 g/mol. The van der Waals surface area contributed by atoms with Gasteiger partial charge in [0, 0.05) is 55.2 Å². The van der Waals surface area contributed by atoms with E-state index in [1.165, 1.54) is 18.9 Å². The summed E-state index contributed by atoms with van der Waals surface area (Å²) in [6.45, 7) is 13.1. The standard InChI is InChI=1S/C43H65FN6O10/c1-12-32-43(8)35(50(40(55)60-43)19-14-13-18-49-23-30(46-47-49)28-16-15-17-29(45)21-28)26(4)33(51)24(2)22-41(6,56-11)37(27(5)36(53)42(7,44)39(54)58-32)59-38-34(52)31(48(9)10)20-25(3)57-38/h15-17,21,23-27,31-32,34-35,37-38,52H,12-14,18-20,22,45H2,1-11H3/t24?,25?,26?,27?,31?,32?,34?,35-,37?,38?,41+,42-,43+/m0/s1. The van der Waals surface area contributed by atoms with Gasteiger partial charge in [0.05, 0.1) is 30.0 Å². The molecule has 0 spiro atoms. The molecule has 3 N–H and O–H groups in total. The van der Waals surface area contributed by atoms with Crippen molar-refractivity contribution in [3.8, 4) is 11.3 Å². The number of ketones is 2. The fraction of sp³-hybridized carbons (Fsp3) is 0.721. The minimum Gasteiger partial charge on any atom is -0.455 e. The number of rotatable bonds is 11. The van der Waals surface area contributed by atoms with Crippen molar-refractivity contribution in [3.05, 3.63) is 30.5 Å². The smallest absolute Gasteiger partial charge is 0.410 e. The maximum atomic E-state index is 16.9. The molecule has 0 aliphatic carbocycles. The molecular weight excluding hydrogens is 780 g/mol. The summed E-state index contributed by atoms with van der Waals surface area (Å²) in [7, 11) is 5.04. The molecule has 16 nitrogen and oxygen atoms in total. The summed E-state index contributed by atoms with van der Waals surface area (Å²) in [5.41, 5.74) is 1.80. The SMILES string of the molecule is CCC1OC(=O)[C@@](C)(F)C(=O)C(C)C(OC2OC(C)CC(N(C)C)C2O)[C@](C)(OC)CC(C)C(=O)C(C)[C@@H]2N(CCCCn3cc(-c4cccc(N)c4)nn3)C(=O)O[C@]12C. The lowest BCUT2D eigenvalue weighted by Crippen LogP contribution is -2.61. The molecule has 9 unspecified atom stereocenters. The minimum absolute atomic E-state index is 0.0111. The summed E-state index contributed by atoms with van der Waals surface area (Å²) in [4.78, 5) is 60.1. The van der Waals surface area contributed by atoms with Crippen molar-refractivity contribution in [2.24, 2.45) is 17.8 Å². The summed E-state index contributed by atoms with van der Waals surface area (Å²) in [5, 5.41) is 19.9. The van der Waals surface area contributed by atoms with Crippen LogP contribution in [0.15, 0.2) is 30.5 Å². The van der Waals surface area contributed by atoms with Crippen molar-refractivity contribution >= 4 is 29.3 Å². The van der Waals surface area contributed by atoms with Crippen LogP contribution in [0, 0.1) is 17.8 Å². The normalized spacial score (nSPS) is 37.1. The van der Waals surface area contributed by atoms with Gasteiger partial charge >= 0.3 is 12.1 Å². The Kier molecular flexibility index (Phi) is 14.5. The number of ether oxygens (including phenoxy) is 5. The van der Waals surface area contributed by atoms with Gasteiger partial charge in [-0.25, -0.2) is 14.0 Å². The fourth-order valence-corrected chi connectivity index (χ4v) is 9.51. The number of alkyl halides is 1. The van der Waals surface area contributed by atoms with Crippen LogP contribution < -0.4 is 5.73 Å². The summed E-state index contributed by atoms with van der Waals surface area (Å²) in [6, 6.07) is 6.02. The number of nitrogens with zero attached hydrogens (tertiary/aromatic N) is 5. The number of nitrogen functional groups attached to an aromatic ring is 1. The number of carbonyl (C=O) groups is 4. The first kappa shape index (κ1) is 47.0. The van der Waals surface area contributed by atoms with Gasteiger partial charge in [-0.1, -0.05) is 45.0 Å². The second-order valence-electron chi connectivity index (χ2n) is 17.8. The van der Waals surface area contributed by atoms with E-state index in [9.17, 15) is 24.3 Å². The topological polar surface area (TPSA) is 198 Å². The van der Waals surface area contributed by atoms with Gasteiger partial charge in [0.15, 0.2) is 17.7 Å². The molecule has 4 heterocycles. The van der Waals surface area contributed by atoms with Crippen molar-refractivity contribution in [1.29, 1.82) is 0 Å². The van der Waals surface area contributed by atoms with Crippen LogP contribution in [0.3, 0.4) is 0 Å². The number of anilines is 1. The highest BCUT2D eigenvalue weighted by Gasteiger charge is 2.61. The number of aliphatic hydroxyl groups is 1. The maximum Gasteiger partial charge on any atom is 0.410 e. The Hall–Kier alpha value is -4.03. The van der Waals surface area contributed by atoms with Crippen molar-refractivity contribution in [1.82, 2.24) is 24.8 Å². The van der Waals surface area contributed by atoms with Crippen molar-refractivity contribution in [2.75, 3.05) is 33.5 Å². The van der Waals surface area contributed by atoms with E-state index in [2.05, 4.69) is 10.3 Å². The largest absolute Gasteiger partial charge is 0.455 e. The van der Waals surface area contributed by atoms with Gasteiger partial charge in [0.1, 0.15) is 23.7 Å². The number of amides is 1. The number of cyclic esters (lactones) is 1. The molecule has 3 aliphatic heterocycles. The third kappa shape index (κ3) is 9.39. The van der Waals surface area contributed by atoms with Crippen LogP contribution in [0.2, 0.25) is 0 Å². The van der Waals surface area contributed by atoms with E-state index in [4.69, 9.17) is 29.4 Å². The number of nitrogens with two attached hydrogens (primary N) is 1. The van der Waals surface area contributed by atoms with Gasteiger partial charge < -0.3 is 44.3 Å². The van der Waals surface area contributed by atoms with E-state index >= 15 is 4.39 Å². The summed E-state index contributed by atoms with van der Waals surface area (Å²) >= 11 is 0. The Labute approximate surface area is 352 Å². The fourth-order valence-electron chi connectivity index (χ4n) is 9.51. The molecule has 1 aromatic heterocycles. The van der Waals surface area contributed by atoms with E-state index < -0.39 is 83.1 Å². The van der Waals surface area contributed by atoms with Gasteiger partial charge in [-0.3, -0.25) is 14.3 Å². The van der Waals surface area contributed by atoms with Gasteiger partial charge in [-0.05, 0) is 86.0 Å². The maximum absolute atomic E-state index is 16.9. The predicted molar refractivity (Wildman–Crippen MR) is 219 cm³/mol. The molecule has 0 bridgehead atoms. The number of fused-ring (bicyclic) bond motifs is 1. The number of methoxy groups -OCH3 is 1. The van der Waals surface area contributed by atoms with Gasteiger partial charge in [-0.2, -0.15) is 0 Å². The van der Waals surface area contributed by atoms with Crippen LogP contribution in [0.1, 0.15) is 87.5 Å². The molecule has 334 valence electrons. The molecule has 13 atom stereocenters. The van der Waals surface area contributed by atoms with E-state index in [1.54, 1.807) is 45.4 Å². The van der Waals surface area contributed by atoms with Gasteiger partial charge in [-0.15, -0.1) is 5.10 Å². The second-order valence-corrected chi connectivity index (χ2v) is 17.8. The Bertz CT molecular complexity index is 1860. The molecule has 5 rings (SSSR count). The quantitative estimate of drug-likeness (QED) is 0.138. The number of esters is 1. The number of halogens is 1. The van der Waals surface area contributed by atoms with Crippen LogP contribution in [0.25, 0.3) is 11.3 Å². The highest BCUT2D eigenvalue weighted by Crippen LogP contribution is 2.44. The molecule has 0 saturated carbocycles. The summed E-state index contributed by atoms with van der Waals surface area (Å²) in [5.74, 6) is -5.85. The molecule has 0 radical (unpaired) electrons. The Morgan fingerprint density at radius 2 is 1.73 bits per heavy atom. The molecule has 3 fully saturated rings. The zero-order valence-electron chi connectivity index (χ0n) is 36.9. The lowest BCUT2D eigenvalue weighted by Gasteiger charge is -2.47. The van der Waals surface area contributed by atoms with Crippen molar-refractivity contribution in [2.45, 2.75) is 154 Å². The number of hydrogen-bond acceptors (Lipinski definition) is 14. The van der Waals surface area contributed by atoms with Crippen LogP contribution in [0.5, 0.6) is 0 Å². The Morgan fingerprint density at radius 3 is 2.37 bits per heavy atom. The zero-order chi connectivity index (χ0) is 44.5. The first-order valence-electron chi connectivity index (χ1n) is 21.0. The number of hydrogen-bond donors (Lipinski definition) is 2. The average Bonchev–Trinajstić information content (AvgIpc) is 3.78. The minimum atomic E-state index is -3.19. The zero-order valence-corrected chi connectivity index (χ0v) is 36.9. The van der Waals surface area contributed by atoms with E-state index in [-0.39, 0.29) is 37.3 Å². The third-order valence-corrected chi connectivity index (χ3v) is 12.9.